The number of nitrogens with zero attached hydrogens (tertiary/aromatic N) is 2. The van der Waals surface area contributed by atoms with Crippen molar-refractivity contribution in [2.24, 2.45) is 16.7 Å². The van der Waals surface area contributed by atoms with Crippen LogP contribution in [0.25, 0.3) is 0 Å². The van der Waals surface area contributed by atoms with E-state index >= 15 is 0 Å². The highest BCUT2D eigenvalue weighted by Crippen LogP contribution is 2.70. The van der Waals surface area contributed by atoms with Crippen LogP contribution in [0.15, 0.2) is 0 Å². The van der Waals surface area contributed by atoms with Gasteiger partial charge < -0.3 is 5.73 Å². The van der Waals surface area contributed by atoms with Crippen molar-refractivity contribution in [1.82, 2.24) is 10.2 Å². The third-order valence-corrected chi connectivity index (χ3v) is 6.52. The number of nitrogens with two attached hydrogens (primary N) is 1. The van der Waals surface area contributed by atoms with Crippen LogP contribution in [0.1, 0.15) is 57.4 Å². The predicted molar refractivity (Wildman–Crippen MR) is 80.7 cm³/mol. The van der Waals surface area contributed by atoms with Crippen molar-refractivity contribution in [2.45, 2.75) is 57.8 Å². The van der Waals surface area contributed by atoms with Crippen LogP contribution in [0, 0.1) is 16.7 Å². The van der Waals surface area contributed by atoms with Gasteiger partial charge in [0.2, 0.25) is 5.13 Å². The molecular weight excluding hydrogens is 278 g/mol. The quantitative estimate of drug-likeness (QED) is 0.858. The molecule has 2 atom stereocenters. The Labute approximate surface area is 124 Å². The Bertz CT molecular complexity index is 497. The summed E-state index contributed by atoms with van der Waals surface area (Å²) in [4.78, 5) is 0. The zero-order chi connectivity index (χ0) is 12.6. The van der Waals surface area contributed by atoms with Crippen molar-refractivity contribution in [3.05, 3.63) is 5.01 Å². The monoisotopic (exact) mass is 299 g/mol. The molecule has 5 rings (SSSR count). The SMILES string of the molecule is CC12CC3CC(C)(C1)CC(c1nnc(N)s1)(C3)C2.Cl. The highest BCUT2D eigenvalue weighted by molar-refractivity contribution is 7.15. The van der Waals surface area contributed by atoms with Crippen LogP contribution in [0.5, 0.6) is 0 Å². The molecule has 4 aliphatic carbocycles. The molecule has 2 unspecified atom stereocenters. The molecule has 0 aliphatic heterocycles. The molecule has 2 N–H and O–H groups in total. The van der Waals surface area contributed by atoms with Crippen LogP contribution in [-0.4, -0.2) is 10.2 Å². The number of halogens is 1. The number of hydrogen-bond acceptors (Lipinski definition) is 4. The van der Waals surface area contributed by atoms with Crippen LogP contribution < -0.4 is 5.73 Å². The molecule has 1 aromatic rings. The number of anilines is 1. The van der Waals surface area contributed by atoms with Crippen molar-refractivity contribution in [3.63, 3.8) is 0 Å². The predicted octanol–water partition coefficient (Wildman–Crippen LogP) is 3.79. The van der Waals surface area contributed by atoms with Gasteiger partial charge in [-0.1, -0.05) is 25.2 Å². The molecule has 0 radical (unpaired) electrons. The lowest BCUT2D eigenvalue weighted by atomic mass is 9.40. The Balaban J connectivity index is 0.00000110. The fraction of sp³-hybridized carbons (Fsp3) is 0.857. The second kappa shape index (κ2) is 3.85. The minimum Gasteiger partial charge on any atom is -0.374 e. The zero-order valence-electron chi connectivity index (χ0n) is 11.6. The van der Waals surface area contributed by atoms with Crippen LogP contribution in [-0.2, 0) is 5.41 Å². The maximum atomic E-state index is 5.81. The molecule has 0 saturated heterocycles. The molecule has 19 heavy (non-hydrogen) atoms. The number of nitrogen functional groups attached to an aromatic ring is 1. The van der Waals surface area contributed by atoms with Crippen molar-refractivity contribution >= 4 is 28.9 Å². The lowest BCUT2D eigenvalue weighted by Gasteiger charge is -2.64. The standard InChI is InChI=1S/C14H21N3S.ClH/c1-12-3-9-4-13(2,6-12)8-14(5-9,7-12)10-16-17-11(15)18-10;/h9H,3-8H2,1-2H3,(H2,15,17);1H. The summed E-state index contributed by atoms with van der Waals surface area (Å²) in [7, 11) is 0. The van der Waals surface area contributed by atoms with E-state index in [2.05, 4.69) is 24.0 Å². The second-order valence-corrected chi connectivity index (χ2v) is 8.86. The summed E-state index contributed by atoms with van der Waals surface area (Å²) in [5.74, 6) is 0.904. The van der Waals surface area contributed by atoms with Crippen LogP contribution in [0.3, 0.4) is 0 Å². The molecule has 4 fully saturated rings. The molecule has 4 saturated carbocycles. The molecule has 0 aromatic carbocycles. The molecule has 5 heteroatoms. The Morgan fingerprint density at radius 2 is 1.68 bits per heavy atom. The highest BCUT2D eigenvalue weighted by Gasteiger charge is 2.61. The Hall–Kier alpha value is -0.350. The molecule has 3 nitrogen and oxygen atoms in total. The Morgan fingerprint density at radius 3 is 2.16 bits per heavy atom. The highest BCUT2D eigenvalue weighted by atomic mass is 35.5. The smallest absolute Gasteiger partial charge is 0.203 e. The van der Waals surface area contributed by atoms with Gasteiger partial charge in [-0.05, 0) is 55.3 Å². The number of rotatable bonds is 1. The fourth-order valence-corrected chi connectivity index (χ4v) is 6.94. The number of aromatic nitrogens is 2. The molecule has 1 aromatic heterocycles. The topological polar surface area (TPSA) is 51.8 Å². The summed E-state index contributed by atoms with van der Waals surface area (Å²) < 4.78 is 0. The van der Waals surface area contributed by atoms with E-state index < -0.39 is 0 Å². The van der Waals surface area contributed by atoms with Gasteiger partial charge >= 0.3 is 0 Å². The minimum absolute atomic E-state index is 0. The van der Waals surface area contributed by atoms with Gasteiger partial charge in [0, 0.05) is 5.41 Å². The molecule has 4 bridgehead atoms. The first-order valence-electron chi connectivity index (χ1n) is 7.00. The maximum Gasteiger partial charge on any atom is 0.203 e. The lowest BCUT2D eigenvalue weighted by Crippen LogP contribution is -2.56. The third-order valence-electron chi connectivity index (χ3n) is 5.52. The zero-order valence-corrected chi connectivity index (χ0v) is 13.2. The average Bonchev–Trinajstić information content (AvgIpc) is 2.59. The average molecular weight is 300 g/mol. The summed E-state index contributed by atoms with van der Waals surface area (Å²) in [6.07, 6.45) is 8.21. The summed E-state index contributed by atoms with van der Waals surface area (Å²) in [6, 6.07) is 0. The first-order chi connectivity index (χ1) is 8.41. The van der Waals surface area contributed by atoms with Gasteiger partial charge in [-0.3, -0.25) is 0 Å². The minimum atomic E-state index is 0. The van der Waals surface area contributed by atoms with E-state index in [1.165, 1.54) is 43.5 Å². The van der Waals surface area contributed by atoms with Gasteiger partial charge in [-0.15, -0.1) is 22.6 Å². The Kier molecular flexibility index (Phi) is 2.76. The van der Waals surface area contributed by atoms with Gasteiger partial charge in [-0.2, -0.15) is 0 Å². The Morgan fingerprint density at radius 1 is 1.05 bits per heavy atom. The fourth-order valence-electron chi connectivity index (χ4n) is 6.14. The van der Waals surface area contributed by atoms with Crippen molar-refractivity contribution in [1.29, 1.82) is 0 Å². The molecule has 0 amide bonds. The van der Waals surface area contributed by atoms with Crippen LogP contribution >= 0.6 is 23.7 Å². The van der Waals surface area contributed by atoms with E-state index in [4.69, 9.17) is 5.73 Å². The van der Waals surface area contributed by atoms with Crippen molar-refractivity contribution in [2.75, 3.05) is 5.73 Å². The van der Waals surface area contributed by atoms with Crippen molar-refractivity contribution < 1.29 is 0 Å². The van der Waals surface area contributed by atoms with E-state index in [0.29, 0.717) is 21.4 Å². The first-order valence-corrected chi connectivity index (χ1v) is 7.82. The molecule has 1 heterocycles. The first kappa shape index (κ1) is 13.6. The summed E-state index contributed by atoms with van der Waals surface area (Å²) in [5, 5.41) is 10.3. The molecule has 106 valence electrons. The summed E-state index contributed by atoms with van der Waals surface area (Å²) in [5.41, 5.74) is 7.18. The third kappa shape index (κ3) is 1.90. The van der Waals surface area contributed by atoms with Gasteiger partial charge in [0.25, 0.3) is 0 Å². The van der Waals surface area contributed by atoms with Crippen LogP contribution in [0.4, 0.5) is 5.13 Å². The van der Waals surface area contributed by atoms with Gasteiger partial charge in [0.05, 0.1) is 0 Å². The lowest BCUT2D eigenvalue weighted by molar-refractivity contribution is -0.110. The van der Waals surface area contributed by atoms with Gasteiger partial charge in [-0.25, -0.2) is 0 Å². The van der Waals surface area contributed by atoms with Crippen LogP contribution in [0.2, 0.25) is 0 Å². The number of hydrogen-bond donors (Lipinski definition) is 1. The van der Waals surface area contributed by atoms with E-state index in [0.717, 1.165) is 5.92 Å². The van der Waals surface area contributed by atoms with E-state index in [-0.39, 0.29) is 12.4 Å². The normalized spacial score (nSPS) is 47.2. The van der Waals surface area contributed by atoms with E-state index in [9.17, 15) is 0 Å². The second-order valence-electron chi connectivity index (χ2n) is 7.86. The molecule has 0 spiro atoms. The summed E-state index contributed by atoms with van der Waals surface area (Å²) >= 11 is 1.63. The van der Waals surface area contributed by atoms with E-state index in [1.54, 1.807) is 11.3 Å². The van der Waals surface area contributed by atoms with Gasteiger partial charge in [0.15, 0.2) is 0 Å². The van der Waals surface area contributed by atoms with Gasteiger partial charge in [0.1, 0.15) is 5.01 Å². The molecule has 4 aliphatic rings. The van der Waals surface area contributed by atoms with Crippen molar-refractivity contribution in [3.8, 4) is 0 Å². The largest absolute Gasteiger partial charge is 0.374 e. The maximum absolute atomic E-state index is 5.81. The van der Waals surface area contributed by atoms with E-state index in [1.807, 2.05) is 0 Å². The molecular formula is C14H22ClN3S. The summed E-state index contributed by atoms with van der Waals surface area (Å²) in [6.45, 7) is 4.99.